The van der Waals surface area contributed by atoms with Gasteiger partial charge < -0.3 is 5.11 Å². The van der Waals surface area contributed by atoms with Crippen molar-refractivity contribution in [2.24, 2.45) is 0 Å². The maximum Gasteiger partial charge on any atom is 0.335 e. The monoisotopic (exact) mass is 464 g/mol. The lowest BCUT2D eigenvalue weighted by Gasteiger charge is -2.10. The number of aryl methyl sites for hydroxylation is 1. The lowest BCUT2D eigenvalue weighted by molar-refractivity contribution is 0.0696. The van der Waals surface area contributed by atoms with E-state index in [1.54, 1.807) is 30.8 Å². The first-order valence-corrected chi connectivity index (χ1v) is 12.2. The van der Waals surface area contributed by atoms with E-state index in [0.29, 0.717) is 17.0 Å². The average molecular weight is 465 g/mol. The Labute approximate surface area is 190 Å². The predicted molar refractivity (Wildman–Crippen MR) is 127 cm³/mol. The first-order chi connectivity index (χ1) is 15.3. The molecule has 3 aromatic carbocycles. The summed E-state index contributed by atoms with van der Waals surface area (Å²) in [4.78, 5) is 16.8. The molecule has 0 bridgehead atoms. The SMILES string of the molecule is Cc1ccc(S(=O)(=O)Nc2ccc(SCc3ccc4ccccc4n3)cc2)cc1C(=O)O. The van der Waals surface area contributed by atoms with Gasteiger partial charge in [-0.25, -0.2) is 13.2 Å². The van der Waals surface area contributed by atoms with E-state index in [0.717, 1.165) is 21.5 Å². The molecule has 6 nitrogen and oxygen atoms in total. The second kappa shape index (κ2) is 9.02. The number of benzene rings is 3. The number of anilines is 1. The van der Waals surface area contributed by atoms with E-state index in [4.69, 9.17) is 0 Å². The third-order valence-electron chi connectivity index (χ3n) is 4.90. The van der Waals surface area contributed by atoms with Crippen LogP contribution in [0, 0.1) is 6.92 Å². The second-order valence-electron chi connectivity index (χ2n) is 7.20. The van der Waals surface area contributed by atoms with Gasteiger partial charge in [0, 0.05) is 21.7 Å². The molecule has 0 aliphatic heterocycles. The third-order valence-corrected chi connectivity index (χ3v) is 7.32. The van der Waals surface area contributed by atoms with Gasteiger partial charge in [-0.15, -0.1) is 11.8 Å². The van der Waals surface area contributed by atoms with E-state index in [9.17, 15) is 18.3 Å². The number of hydrogen-bond acceptors (Lipinski definition) is 5. The minimum atomic E-state index is -3.91. The van der Waals surface area contributed by atoms with Gasteiger partial charge in [-0.3, -0.25) is 9.71 Å². The fraction of sp³-hybridized carbons (Fsp3) is 0.0833. The number of nitrogens with zero attached hydrogens (tertiary/aromatic N) is 1. The molecule has 8 heteroatoms. The summed E-state index contributed by atoms with van der Waals surface area (Å²) in [5, 5.41) is 10.3. The van der Waals surface area contributed by atoms with Crippen LogP contribution in [0.5, 0.6) is 0 Å². The van der Waals surface area contributed by atoms with Gasteiger partial charge in [-0.05, 0) is 61.0 Å². The lowest BCUT2D eigenvalue weighted by atomic mass is 10.1. The molecule has 0 atom stereocenters. The molecule has 4 aromatic rings. The van der Waals surface area contributed by atoms with E-state index < -0.39 is 16.0 Å². The summed E-state index contributed by atoms with van der Waals surface area (Å²) in [5.74, 6) is -0.473. The number of thioether (sulfide) groups is 1. The molecule has 32 heavy (non-hydrogen) atoms. The number of sulfonamides is 1. The molecule has 1 heterocycles. The number of hydrogen-bond donors (Lipinski definition) is 2. The fourth-order valence-electron chi connectivity index (χ4n) is 3.18. The Morgan fingerprint density at radius 3 is 2.50 bits per heavy atom. The molecular formula is C24H20N2O4S2. The Hall–Kier alpha value is -3.36. The van der Waals surface area contributed by atoms with Gasteiger partial charge in [0.1, 0.15) is 0 Å². The first-order valence-electron chi connectivity index (χ1n) is 9.76. The Morgan fingerprint density at radius 2 is 1.75 bits per heavy atom. The van der Waals surface area contributed by atoms with E-state index in [1.807, 2.05) is 42.5 Å². The fourth-order valence-corrected chi connectivity index (χ4v) is 5.07. The number of aromatic nitrogens is 1. The van der Waals surface area contributed by atoms with Crippen LogP contribution in [0.2, 0.25) is 0 Å². The molecule has 1 aromatic heterocycles. The molecule has 0 radical (unpaired) electrons. The number of carboxylic acids is 1. The zero-order valence-electron chi connectivity index (χ0n) is 17.1. The Balaban J connectivity index is 1.44. The highest BCUT2D eigenvalue weighted by molar-refractivity contribution is 7.98. The maximum atomic E-state index is 12.7. The average Bonchev–Trinajstić information content (AvgIpc) is 2.78. The molecule has 0 saturated carbocycles. The summed E-state index contributed by atoms with van der Waals surface area (Å²) in [5.41, 5.74) is 2.78. The summed E-state index contributed by atoms with van der Waals surface area (Å²) in [6.07, 6.45) is 0. The normalized spacial score (nSPS) is 11.4. The van der Waals surface area contributed by atoms with Crippen LogP contribution in [0.15, 0.2) is 88.7 Å². The van der Waals surface area contributed by atoms with Crippen molar-refractivity contribution in [3.63, 3.8) is 0 Å². The van der Waals surface area contributed by atoms with Crippen molar-refractivity contribution in [3.05, 3.63) is 95.7 Å². The van der Waals surface area contributed by atoms with Crippen molar-refractivity contribution in [3.8, 4) is 0 Å². The smallest absolute Gasteiger partial charge is 0.335 e. The molecule has 4 rings (SSSR count). The summed E-state index contributed by atoms with van der Waals surface area (Å²) in [7, 11) is -3.91. The number of para-hydroxylation sites is 1. The summed E-state index contributed by atoms with van der Waals surface area (Å²) < 4.78 is 27.8. The largest absolute Gasteiger partial charge is 0.478 e. The summed E-state index contributed by atoms with van der Waals surface area (Å²) in [6, 6.07) is 23.1. The van der Waals surface area contributed by atoms with Gasteiger partial charge in [-0.2, -0.15) is 0 Å². The summed E-state index contributed by atoms with van der Waals surface area (Å²) in [6.45, 7) is 1.62. The van der Waals surface area contributed by atoms with Gasteiger partial charge in [0.25, 0.3) is 10.0 Å². The lowest BCUT2D eigenvalue weighted by Crippen LogP contribution is -2.14. The number of fused-ring (bicyclic) bond motifs is 1. The van der Waals surface area contributed by atoms with Gasteiger partial charge in [0.15, 0.2) is 0 Å². The van der Waals surface area contributed by atoms with Crippen LogP contribution < -0.4 is 4.72 Å². The van der Waals surface area contributed by atoms with Crippen LogP contribution in [0.25, 0.3) is 10.9 Å². The molecule has 0 spiro atoms. The zero-order valence-corrected chi connectivity index (χ0v) is 18.8. The molecule has 0 amide bonds. The summed E-state index contributed by atoms with van der Waals surface area (Å²) >= 11 is 1.61. The van der Waals surface area contributed by atoms with Gasteiger partial charge in [0.05, 0.1) is 21.7 Å². The standard InChI is InChI=1S/C24H20N2O4S2/c1-16-6-13-21(14-22(16)24(27)28)32(29,30)26-18-9-11-20(12-10-18)31-15-19-8-7-17-4-2-3-5-23(17)25-19/h2-14,26H,15H2,1H3,(H,27,28). The van der Waals surface area contributed by atoms with E-state index in [1.165, 1.54) is 18.2 Å². The Morgan fingerprint density at radius 1 is 1.00 bits per heavy atom. The van der Waals surface area contributed by atoms with Crippen LogP contribution in [0.3, 0.4) is 0 Å². The predicted octanol–water partition coefficient (Wildman–Crippen LogP) is 5.33. The van der Waals surface area contributed by atoms with E-state index in [-0.39, 0.29) is 10.5 Å². The Kier molecular flexibility index (Phi) is 6.16. The minimum Gasteiger partial charge on any atom is -0.478 e. The molecule has 0 unspecified atom stereocenters. The second-order valence-corrected chi connectivity index (χ2v) is 9.93. The number of nitrogens with one attached hydrogen (secondary N) is 1. The van der Waals surface area contributed by atoms with Crippen LogP contribution in [-0.4, -0.2) is 24.5 Å². The van der Waals surface area contributed by atoms with Crippen LogP contribution in [0.1, 0.15) is 21.6 Å². The van der Waals surface area contributed by atoms with Crippen molar-refractivity contribution < 1.29 is 18.3 Å². The highest BCUT2D eigenvalue weighted by atomic mass is 32.2. The van der Waals surface area contributed by atoms with Gasteiger partial charge in [0.2, 0.25) is 0 Å². The number of pyridine rings is 1. The first kappa shape index (κ1) is 21.9. The molecule has 2 N–H and O–H groups in total. The van der Waals surface area contributed by atoms with Crippen molar-refractivity contribution >= 4 is 44.3 Å². The Bertz CT molecular complexity index is 1400. The quantitative estimate of drug-likeness (QED) is 0.359. The van der Waals surface area contributed by atoms with Gasteiger partial charge >= 0.3 is 5.97 Å². The molecular weight excluding hydrogens is 444 g/mol. The molecule has 162 valence electrons. The molecule has 0 aliphatic rings. The van der Waals surface area contributed by atoms with Crippen LogP contribution in [0.4, 0.5) is 5.69 Å². The highest BCUT2D eigenvalue weighted by Crippen LogP contribution is 2.26. The van der Waals surface area contributed by atoms with Crippen LogP contribution >= 0.6 is 11.8 Å². The van der Waals surface area contributed by atoms with Crippen molar-refractivity contribution in [1.29, 1.82) is 0 Å². The third kappa shape index (κ3) is 4.92. The van der Waals surface area contributed by atoms with E-state index in [2.05, 4.69) is 15.8 Å². The topological polar surface area (TPSA) is 96.4 Å². The molecule has 0 fully saturated rings. The highest BCUT2D eigenvalue weighted by Gasteiger charge is 2.18. The van der Waals surface area contributed by atoms with Crippen molar-refractivity contribution in [2.45, 2.75) is 22.5 Å². The molecule has 0 saturated heterocycles. The zero-order chi connectivity index (χ0) is 22.7. The number of carboxylic acid groups (broad SMARTS) is 1. The van der Waals surface area contributed by atoms with Gasteiger partial charge in [-0.1, -0.05) is 30.3 Å². The maximum absolute atomic E-state index is 12.7. The number of aromatic carboxylic acids is 1. The number of carbonyl (C=O) groups is 1. The molecule has 0 aliphatic carbocycles. The van der Waals surface area contributed by atoms with Crippen molar-refractivity contribution in [1.82, 2.24) is 4.98 Å². The number of rotatable bonds is 7. The van der Waals surface area contributed by atoms with Crippen LogP contribution in [-0.2, 0) is 15.8 Å². The van der Waals surface area contributed by atoms with Crippen molar-refractivity contribution in [2.75, 3.05) is 4.72 Å². The van der Waals surface area contributed by atoms with E-state index >= 15 is 0 Å². The minimum absolute atomic E-state index is 0.0399.